The number of carboxylic acids is 1. The summed E-state index contributed by atoms with van der Waals surface area (Å²) in [5, 5.41) is 9.48. The molecule has 1 unspecified atom stereocenters. The zero-order valence-electron chi connectivity index (χ0n) is 8.12. The number of rotatable bonds is 5. The van der Waals surface area contributed by atoms with Crippen LogP contribution in [0.15, 0.2) is 24.3 Å². The quantitative estimate of drug-likeness (QED) is 0.843. The molecule has 0 saturated heterocycles. The predicted octanol–water partition coefficient (Wildman–Crippen LogP) is 3.26. The molecular weight excluding hydrogens is 219 g/mol. The number of carbonyl (C=O) groups is 1. The first-order chi connectivity index (χ1) is 7.15. The van der Waals surface area contributed by atoms with Crippen LogP contribution in [0.2, 0.25) is 5.02 Å². The summed E-state index contributed by atoms with van der Waals surface area (Å²) in [6.07, 6.45) is 0.551. The summed E-state index contributed by atoms with van der Waals surface area (Å²) in [5.74, 6) is -1.61. The first-order valence-electron chi connectivity index (χ1n) is 4.69. The summed E-state index contributed by atoms with van der Waals surface area (Å²) >= 11 is 5.76. The summed E-state index contributed by atoms with van der Waals surface area (Å²) in [7, 11) is 0. The van der Waals surface area contributed by atoms with Crippen LogP contribution in [0, 0.1) is 0 Å². The minimum Gasteiger partial charge on any atom is -0.481 e. The van der Waals surface area contributed by atoms with Crippen molar-refractivity contribution in [2.45, 2.75) is 18.8 Å². The normalized spacial score (nSPS) is 12.4. The van der Waals surface area contributed by atoms with E-state index in [0.29, 0.717) is 17.0 Å². The van der Waals surface area contributed by atoms with Crippen molar-refractivity contribution in [2.75, 3.05) is 6.67 Å². The van der Waals surface area contributed by atoms with Crippen LogP contribution in [0.3, 0.4) is 0 Å². The molecule has 2 nitrogen and oxygen atoms in total. The molecule has 0 aliphatic rings. The molecule has 0 aromatic heterocycles. The van der Waals surface area contributed by atoms with E-state index in [1.807, 2.05) is 0 Å². The van der Waals surface area contributed by atoms with E-state index >= 15 is 0 Å². The Kier molecular flexibility index (Phi) is 4.56. The smallest absolute Gasteiger partial charge is 0.310 e. The van der Waals surface area contributed by atoms with Gasteiger partial charge in [0.1, 0.15) is 0 Å². The molecule has 82 valence electrons. The molecule has 0 aliphatic carbocycles. The fourth-order valence-electron chi connectivity index (χ4n) is 1.44. The predicted molar refractivity (Wildman–Crippen MR) is 57.0 cm³/mol. The van der Waals surface area contributed by atoms with Gasteiger partial charge >= 0.3 is 5.97 Å². The van der Waals surface area contributed by atoms with E-state index in [4.69, 9.17) is 16.7 Å². The van der Waals surface area contributed by atoms with Crippen LogP contribution in [0.5, 0.6) is 0 Å². The average molecular weight is 231 g/mol. The van der Waals surface area contributed by atoms with Gasteiger partial charge in [0.15, 0.2) is 0 Å². The van der Waals surface area contributed by atoms with Gasteiger partial charge in [0.25, 0.3) is 0 Å². The zero-order valence-corrected chi connectivity index (χ0v) is 8.88. The number of hydrogen-bond donors (Lipinski definition) is 1. The van der Waals surface area contributed by atoms with Crippen LogP contribution < -0.4 is 0 Å². The van der Waals surface area contributed by atoms with E-state index in [-0.39, 0.29) is 6.42 Å². The lowest BCUT2D eigenvalue weighted by Gasteiger charge is -2.11. The third kappa shape index (κ3) is 3.51. The maximum Gasteiger partial charge on any atom is 0.310 e. The van der Waals surface area contributed by atoms with Gasteiger partial charge in [-0.25, -0.2) is 0 Å². The second kappa shape index (κ2) is 5.71. The molecule has 1 aromatic rings. The molecule has 4 heteroatoms. The molecule has 0 radical (unpaired) electrons. The number of hydrogen-bond acceptors (Lipinski definition) is 1. The van der Waals surface area contributed by atoms with Gasteiger partial charge < -0.3 is 5.11 Å². The maximum atomic E-state index is 12.0. The Balaban J connectivity index is 2.84. The largest absolute Gasteiger partial charge is 0.481 e. The lowest BCUT2D eigenvalue weighted by Crippen LogP contribution is -2.11. The molecule has 0 bridgehead atoms. The van der Waals surface area contributed by atoms with Crippen LogP contribution in [0.4, 0.5) is 4.39 Å². The lowest BCUT2D eigenvalue weighted by atomic mass is 9.95. The molecule has 15 heavy (non-hydrogen) atoms. The number of benzene rings is 1. The van der Waals surface area contributed by atoms with Crippen molar-refractivity contribution >= 4 is 17.6 Å². The summed E-state index contributed by atoms with van der Waals surface area (Å²) < 4.78 is 12.0. The van der Waals surface area contributed by atoms with Gasteiger partial charge in [-0.2, -0.15) is 0 Å². The van der Waals surface area contributed by atoms with Gasteiger partial charge in [-0.1, -0.05) is 23.7 Å². The summed E-state index contributed by atoms with van der Waals surface area (Å²) in [6, 6.07) is 6.68. The fourth-order valence-corrected chi connectivity index (χ4v) is 1.64. The van der Waals surface area contributed by atoms with Gasteiger partial charge in [-0.05, 0) is 30.5 Å². The maximum absolute atomic E-state index is 12.0. The highest BCUT2D eigenvalue weighted by molar-refractivity contribution is 6.30. The lowest BCUT2D eigenvalue weighted by molar-refractivity contribution is -0.139. The van der Waals surface area contributed by atoms with E-state index in [0.717, 1.165) is 0 Å². The Morgan fingerprint density at radius 1 is 1.53 bits per heavy atom. The van der Waals surface area contributed by atoms with Gasteiger partial charge in [0.05, 0.1) is 12.6 Å². The summed E-state index contributed by atoms with van der Waals surface area (Å²) in [5.41, 5.74) is 0.628. The average Bonchev–Trinajstić information content (AvgIpc) is 2.18. The fraction of sp³-hybridized carbons (Fsp3) is 0.364. The molecule has 1 rings (SSSR count). The molecule has 0 fully saturated rings. The summed E-state index contributed by atoms with van der Waals surface area (Å²) in [6.45, 7) is -0.496. The van der Waals surface area contributed by atoms with Gasteiger partial charge in [-0.15, -0.1) is 0 Å². The first-order valence-corrected chi connectivity index (χ1v) is 5.07. The summed E-state index contributed by atoms with van der Waals surface area (Å²) in [4.78, 5) is 11.0. The third-order valence-corrected chi connectivity index (χ3v) is 2.41. The van der Waals surface area contributed by atoms with Gasteiger partial charge in [0, 0.05) is 5.02 Å². The molecule has 0 amide bonds. The zero-order chi connectivity index (χ0) is 11.3. The Hall–Kier alpha value is -1.09. The molecule has 0 spiro atoms. The number of aliphatic carboxylic acids is 1. The highest BCUT2D eigenvalue weighted by Crippen LogP contribution is 2.24. The monoisotopic (exact) mass is 230 g/mol. The molecule has 0 aliphatic heterocycles. The van der Waals surface area contributed by atoms with Crippen molar-refractivity contribution in [3.8, 4) is 0 Å². The van der Waals surface area contributed by atoms with Crippen molar-refractivity contribution in [3.05, 3.63) is 34.9 Å². The van der Waals surface area contributed by atoms with E-state index < -0.39 is 18.6 Å². The van der Waals surface area contributed by atoms with Gasteiger partial charge in [-0.3, -0.25) is 9.18 Å². The highest BCUT2D eigenvalue weighted by Gasteiger charge is 2.19. The molecule has 1 aromatic carbocycles. The van der Waals surface area contributed by atoms with Crippen molar-refractivity contribution in [2.24, 2.45) is 0 Å². The van der Waals surface area contributed by atoms with Crippen LogP contribution >= 0.6 is 11.6 Å². The standard InChI is InChI=1S/C11H12ClFO2/c12-9-4-1-3-8(7-9)10(11(14)15)5-2-6-13/h1,3-4,7,10H,2,5-6H2,(H,14,15). The van der Waals surface area contributed by atoms with Crippen molar-refractivity contribution < 1.29 is 14.3 Å². The van der Waals surface area contributed by atoms with Crippen molar-refractivity contribution in [1.29, 1.82) is 0 Å². The second-order valence-electron chi connectivity index (χ2n) is 3.28. The van der Waals surface area contributed by atoms with Crippen LogP contribution in [0.25, 0.3) is 0 Å². The Labute approximate surface area is 92.7 Å². The highest BCUT2D eigenvalue weighted by atomic mass is 35.5. The topological polar surface area (TPSA) is 37.3 Å². The van der Waals surface area contributed by atoms with Gasteiger partial charge in [0.2, 0.25) is 0 Å². The Morgan fingerprint density at radius 2 is 2.27 bits per heavy atom. The van der Waals surface area contributed by atoms with Crippen LogP contribution in [-0.4, -0.2) is 17.8 Å². The molecule has 0 heterocycles. The van der Waals surface area contributed by atoms with E-state index in [2.05, 4.69) is 0 Å². The van der Waals surface area contributed by atoms with E-state index in [1.165, 1.54) is 0 Å². The van der Waals surface area contributed by atoms with Crippen molar-refractivity contribution in [3.63, 3.8) is 0 Å². The van der Waals surface area contributed by atoms with E-state index in [1.54, 1.807) is 24.3 Å². The van der Waals surface area contributed by atoms with Crippen LogP contribution in [0.1, 0.15) is 24.3 Å². The number of halogens is 2. The third-order valence-electron chi connectivity index (χ3n) is 2.18. The molecule has 1 atom stereocenters. The number of alkyl halides is 1. The Bertz CT molecular complexity index is 341. The number of carboxylic acid groups (broad SMARTS) is 1. The Morgan fingerprint density at radius 3 is 2.80 bits per heavy atom. The van der Waals surface area contributed by atoms with Crippen LogP contribution in [-0.2, 0) is 4.79 Å². The second-order valence-corrected chi connectivity index (χ2v) is 3.71. The first kappa shape index (κ1) is 12.0. The molecule has 1 N–H and O–H groups in total. The molecule has 0 saturated carbocycles. The van der Waals surface area contributed by atoms with Crippen molar-refractivity contribution in [1.82, 2.24) is 0 Å². The SMILES string of the molecule is O=C(O)C(CCCF)c1cccc(Cl)c1. The minimum atomic E-state index is -0.939. The minimum absolute atomic E-state index is 0.253. The van der Waals surface area contributed by atoms with E-state index in [9.17, 15) is 9.18 Å². The molecular formula is C11H12ClFO2.